The van der Waals surface area contributed by atoms with Crippen LogP contribution in [0.2, 0.25) is 0 Å². The van der Waals surface area contributed by atoms with Gasteiger partial charge in [-0.3, -0.25) is 0 Å². The van der Waals surface area contributed by atoms with Crippen molar-refractivity contribution >= 4 is 5.97 Å². The fourth-order valence-electron chi connectivity index (χ4n) is 4.49. The zero-order valence-corrected chi connectivity index (χ0v) is 13.9. The molecule has 0 amide bonds. The normalized spacial score (nSPS) is 31.4. The molecule has 0 N–H and O–H groups in total. The lowest BCUT2D eigenvalue weighted by atomic mass is 9.82. The molecule has 2 fully saturated rings. The first-order chi connectivity index (χ1) is 10.6. The minimum absolute atomic E-state index is 0.159. The predicted octanol–water partition coefficient (Wildman–Crippen LogP) is 3.56. The van der Waals surface area contributed by atoms with E-state index in [0.29, 0.717) is 24.1 Å². The molecule has 3 nitrogen and oxygen atoms in total. The molecule has 2 aliphatic heterocycles. The molecule has 2 heterocycles. The fourth-order valence-corrected chi connectivity index (χ4v) is 4.49. The molecule has 0 saturated carbocycles. The molecule has 1 aromatic carbocycles. The second-order valence-corrected chi connectivity index (χ2v) is 7.31. The van der Waals surface area contributed by atoms with Crippen molar-refractivity contribution in [3.8, 4) is 0 Å². The lowest BCUT2D eigenvalue weighted by Crippen LogP contribution is -2.61. The number of ether oxygens (including phenoxy) is 1. The van der Waals surface area contributed by atoms with Crippen molar-refractivity contribution in [1.29, 1.82) is 0 Å². The number of piperidine rings is 2. The Balaban J connectivity index is 1.63. The van der Waals surface area contributed by atoms with Gasteiger partial charge in [0, 0.05) is 12.3 Å². The molecule has 120 valence electrons. The van der Waals surface area contributed by atoms with Gasteiger partial charge in [0.2, 0.25) is 0 Å². The summed E-state index contributed by atoms with van der Waals surface area (Å²) in [4.78, 5) is 12.3. The SMILES string of the molecule is Cc1ccccc1C(=O)OC[C@@H]1CCC[N@@+]2(C)CCCC[C@H]12. The van der Waals surface area contributed by atoms with Gasteiger partial charge in [-0.05, 0) is 44.2 Å². The summed E-state index contributed by atoms with van der Waals surface area (Å²) >= 11 is 0. The molecule has 0 spiro atoms. The summed E-state index contributed by atoms with van der Waals surface area (Å²) in [6.45, 7) is 5.15. The van der Waals surface area contributed by atoms with Crippen LogP contribution >= 0.6 is 0 Å². The average molecular weight is 302 g/mol. The van der Waals surface area contributed by atoms with Crippen LogP contribution in [0.5, 0.6) is 0 Å². The second kappa shape index (κ2) is 6.41. The molecular weight excluding hydrogens is 274 g/mol. The molecule has 3 rings (SSSR count). The van der Waals surface area contributed by atoms with E-state index >= 15 is 0 Å². The average Bonchev–Trinajstić information content (AvgIpc) is 2.52. The summed E-state index contributed by atoms with van der Waals surface area (Å²) in [5, 5.41) is 0. The first-order valence-corrected chi connectivity index (χ1v) is 8.67. The Hall–Kier alpha value is -1.35. The van der Waals surface area contributed by atoms with Gasteiger partial charge in [-0.1, -0.05) is 18.2 Å². The number of esters is 1. The number of carbonyl (C=O) groups is 1. The molecule has 0 bridgehead atoms. The van der Waals surface area contributed by atoms with Crippen molar-refractivity contribution in [2.45, 2.75) is 45.1 Å². The van der Waals surface area contributed by atoms with Gasteiger partial charge in [-0.15, -0.1) is 0 Å². The van der Waals surface area contributed by atoms with Crippen molar-refractivity contribution in [2.75, 3.05) is 26.7 Å². The van der Waals surface area contributed by atoms with Gasteiger partial charge in [-0.2, -0.15) is 0 Å². The molecule has 1 aromatic rings. The number of nitrogens with zero attached hydrogens (tertiary/aromatic N) is 1. The Morgan fingerprint density at radius 1 is 1.18 bits per heavy atom. The highest BCUT2D eigenvalue weighted by Crippen LogP contribution is 2.36. The Morgan fingerprint density at radius 2 is 1.95 bits per heavy atom. The molecule has 0 aliphatic carbocycles. The van der Waals surface area contributed by atoms with E-state index in [1.54, 1.807) is 0 Å². The Kier molecular flexibility index (Phi) is 4.53. The monoisotopic (exact) mass is 302 g/mol. The molecule has 3 atom stereocenters. The van der Waals surface area contributed by atoms with E-state index in [1.165, 1.54) is 49.7 Å². The molecule has 2 saturated heterocycles. The third kappa shape index (κ3) is 3.05. The van der Waals surface area contributed by atoms with Gasteiger partial charge in [-0.25, -0.2) is 4.79 Å². The summed E-state index contributed by atoms with van der Waals surface area (Å²) in [7, 11) is 2.40. The van der Waals surface area contributed by atoms with Crippen LogP contribution in [0.3, 0.4) is 0 Å². The molecule has 2 aliphatic rings. The van der Waals surface area contributed by atoms with Crippen LogP contribution in [0, 0.1) is 12.8 Å². The summed E-state index contributed by atoms with van der Waals surface area (Å²) in [6, 6.07) is 8.37. The summed E-state index contributed by atoms with van der Waals surface area (Å²) < 4.78 is 6.89. The maximum Gasteiger partial charge on any atom is 0.338 e. The molecule has 0 aromatic heterocycles. The van der Waals surface area contributed by atoms with Crippen molar-refractivity contribution in [3.05, 3.63) is 35.4 Å². The summed E-state index contributed by atoms with van der Waals surface area (Å²) in [5.74, 6) is 0.376. The molecule has 3 heteroatoms. The first kappa shape index (κ1) is 15.5. The van der Waals surface area contributed by atoms with Gasteiger partial charge in [0.25, 0.3) is 0 Å². The lowest BCUT2D eigenvalue weighted by Gasteiger charge is -2.51. The van der Waals surface area contributed by atoms with Crippen LogP contribution in [0.4, 0.5) is 0 Å². The smallest absolute Gasteiger partial charge is 0.338 e. The van der Waals surface area contributed by atoms with Crippen LogP contribution in [0.25, 0.3) is 0 Å². The van der Waals surface area contributed by atoms with E-state index in [9.17, 15) is 4.79 Å². The van der Waals surface area contributed by atoms with Crippen LogP contribution in [0.1, 0.15) is 48.0 Å². The number of aryl methyl sites for hydroxylation is 1. The number of carbonyl (C=O) groups excluding carboxylic acids is 1. The Labute approximate surface area is 133 Å². The largest absolute Gasteiger partial charge is 0.462 e. The summed E-state index contributed by atoms with van der Waals surface area (Å²) in [6.07, 6.45) is 6.45. The standard InChI is InChI=1S/C19H28NO2/c1-15-8-3-4-10-17(15)19(21)22-14-16-9-7-13-20(2)12-6-5-11-18(16)20/h3-4,8,10,16,18H,5-7,9,11-14H2,1-2H3/q+1/t16-,18+,20+/m0/s1. The Morgan fingerprint density at radius 3 is 2.77 bits per heavy atom. The van der Waals surface area contributed by atoms with Crippen LogP contribution in [-0.2, 0) is 4.74 Å². The van der Waals surface area contributed by atoms with E-state index in [0.717, 1.165) is 5.56 Å². The number of fused-ring (bicyclic) bond motifs is 1. The maximum absolute atomic E-state index is 12.3. The van der Waals surface area contributed by atoms with E-state index in [-0.39, 0.29) is 5.97 Å². The Bertz CT molecular complexity index is 538. The molecule has 22 heavy (non-hydrogen) atoms. The van der Waals surface area contributed by atoms with Crippen LogP contribution in [0.15, 0.2) is 24.3 Å². The number of quaternary nitrogens is 1. The van der Waals surface area contributed by atoms with Gasteiger partial charge < -0.3 is 9.22 Å². The van der Waals surface area contributed by atoms with Crippen LogP contribution in [-0.4, -0.2) is 43.2 Å². The van der Waals surface area contributed by atoms with Crippen molar-refractivity contribution in [3.63, 3.8) is 0 Å². The van der Waals surface area contributed by atoms with Crippen molar-refractivity contribution < 1.29 is 14.0 Å². The maximum atomic E-state index is 12.3. The quantitative estimate of drug-likeness (QED) is 0.630. The van der Waals surface area contributed by atoms with E-state index in [1.807, 2.05) is 31.2 Å². The highest BCUT2D eigenvalue weighted by atomic mass is 16.5. The molecular formula is C19H28NO2+. The summed E-state index contributed by atoms with van der Waals surface area (Å²) in [5.41, 5.74) is 1.70. The minimum atomic E-state index is -0.159. The van der Waals surface area contributed by atoms with E-state index in [2.05, 4.69) is 7.05 Å². The third-order valence-corrected chi connectivity index (χ3v) is 5.80. The minimum Gasteiger partial charge on any atom is -0.462 e. The van der Waals surface area contributed by atoms with Gasteiger partial charge in [0.1, 0.15) is 6.61 Å². The lowest BCUT2D eigenvalue weighted by molar-refractivity contribution is -0.947. The fraction of sp³-hybridized carbons (Fsp3) is 0.632. The van der Waals surface area contributed by atoms with Crippen LogP contribution < -0.4 is 0 Å². The van der Waals surface area contributed by atoms with Crippen molar-refractivity contribution in [2.24, 2.45) is 5.92 Å². The highest BCUT2D eigenvalue weighted by Gasteiger charge is 2.43. The zero-order valence-electron chi connectivity index (χ0n) is 13.9. The second-order valence-electron chi connectivity index (χ2n) is 7.31. The number of benzene rings is 1. The van der Waals surface area contributed by atoms with Gasteiger partial charge in [0.15, 0.2) is 0 Å². The third-order valence-electron chi connectivity index (χ3n) is 5.80. The highest BCUT2D eigenvalue weighted by molar-refractivity contribution is 5.90. The number of rotatable bonds is 3. The number of hydrogen-bond donors (Lipinski definition) is 0. The number of hydrogen-bond acceptors (Lipinski definition) is 2. The van der Waals surface area contributed by atoms with E-state index < -0.39 is 0 Å². The van der Waals surface area contributed by atoms with E-state index in [4.69, 9.17) is 4.74 Å². The van der Waals surface area contributed by atoms with Crippen molar-refractivity contribution in [1.82, 2.24) is 0 Å². The molecule has 0 radical (unpaired) electrons. The topological polar surface area (TPSA) is 26.3 Å². The van der Waals surface area contributed by atoms with Gasteiger partial charge >= 0.3 is 5.97 Å². The predicted molar refractivity (Wildman–Crippen MR) is 87.7 cm³/mol. The van der Waals surface area contributed by atoms with Gasteiger partial charge in [0.05, 0.1) is 31.7 Å². The molecule has 0 unspecified atom stereocenters. The first-order valence-electron chi connectivity index (χ1n) is 8.67. The zero-order chi connectivity index (χ0) is 15.6.